The number of hydrogen-bond donors (Lipinski definition) is 2. The van der Waals surface area contributed by atoms with E-state index in [1.54, 1.807) is 0 Å². The molecular formula is C18H23NO. The Hall–Kier alpha value is -1.38. The van der Waals surface area contributed by atoms with E-state index in [0.29, 0.717) is 6.04 Å². The van der Waals surface area contributed by atoms with Gasteiger partial charge in [0.2, 0.25) is 0 Å². The molecule has 2 aromatic rings. The van der Waals surface area contributed by atoms with Gasteiger partial charge in [0.1, 0.15) is 0 Å². The topological polar surface area (TPSA) is 32.3 Å². The molecule has 1 saturated heterocycles. The molecule has 1 heterocycles. The van der Waals surface area contributed by atoms with E-state index in [9.17, 15) is 5.11 Å². The predicted octanol–water partition coefficient (Wildman–Crippen LogP) is 3.65. The molecule has 20 heavy (non-hydrogen) atoms. The molecule has 2 aromatic carbocycles. The van der Waals surface area contributed by atoms with E-state index in [1.807, 2.05) is 18.2 Å². The SMILES string of the molecule is CC1CCNC(CC(O)c2cccc3ccccc23)C1. The Morgan fingerprint density at radius 1 is 1.20 bits per heavy atom. The van der Waals surface area contributed by atoms with Crippen molar-refractivity contribution in [2.45, 2.75) is 38.3 Å². The lowest BCUT2D eigenvalue weighted by atomic mass is 9.89. The van der Waals surface area contributed by atoms with Crippen molar-refractivity contribution in [2.75, 3.05) is 6.54 Å². The van der Waals surface area contributed by atoms with Crippen molar-refractivity contribution in [3.8, 4) is 0 Å². The van der Waals surface area contributed by atoms with Crippen molar-refractivity contribution in [1.29, 1.82) is 0 Å². The smallest absolute Gasteiger partial charge is 0.0810 e. The second-order valence-corrected chi connectivity index (χ2v) is 6.10. The first-order valence-corrected chi connectivity index (χ1v) is 7.63. The van der Waals surface area contributed by atoms with Crippen LogP contribution in [0.1, 0.15) is 37.9 Å². The highest BCUT2D eigenvalue weighted by Crippen LogP contribution is 2.29. The third-order valence-electron chi connectivity index (χ3n) is 4.45. The molecule has 106 valence electrons. The summed E-state index contributed by atoms with van der Waals surface area (Å²) in [6, 6.07) is 14.9. The molecule has 1 aliphatic rings. The first-order chi connectivity index (χ1) is 9.74. The van der Waals surface area contributed by atoms with Gasteiger partial charge in [-0.25, -0.2) is 0 Å². The van der Waals surface area contributed by atoms with Crippen molar-refractivity contribution in [2.24, 2.45) is 5.92 Å². The molecule has 2 nitrogen and oxygen atoms in total. The lowest BCUT2D eigenvalue weighted by Crippen LogP contribution is -2.38. The van der Waals surface area contributed by atoms with Crippen LogP contribution in [0.5, 0.6) is 0 Å². The van der Waals surface area contributed by atoms with Crippen LogP contribution >= 0.6 is 0 Å². The van der Waals surface area contributed by atoms with Gasteiger partial charge in [-0.05, 0) is 48.1 Å². The van der Waals surface area contributed by atoms with E-state index in [2.05, 4.69) is 36.5 Å². The molecule has 2 heteroatoms. The van der Waals surface area contributed by atoms with Crippen LogP contribution in [-0.4, -0.2) is 17.7 Å². The maximum Gasteiger partial charge on any atom is 0.0810 e. The van der Waals surface area contributed by atoms with Crippen LogP contribution in [0.3, 0.4) is 0 Å². The van der Waals surface area contributed by atoms with Gasteiger partial charge in [-0.1, -0.05) is 49.4 Å². The lowest BCUT2D eigenvalue weighted by Gasteiger charge is -2.30. The zero-order chi connectivity index (χ0) is 13.9. The highest BCUT2D eigenvalue weighted by atomic mass is 16.3. The summed E-state index contributed by atoms with van der Waals surface area (Å²) in [5, 5.41) is 16.5. The van der Waals surface area contributed by atoms with Crippen molar-refractivity contribution >= 4 is 10.8 Å². The average Bonchev–Trinajstić information content (AvgIpc) is 2.46. The van der Waals surface area contributed by atoms with Crippen LogP contribution in [0, 0.1) is 5.92 Å². The molecule has 0 saturated carbocycles. The van der Waals surface area contributed by atoms with Gasteiger partial charge in [0, 0.05) is 6.04 Å². The molecule has 0 amide bonds. The second kappa shape index (κ2) is 5.94. The molecule has 1 aliphatic heterocycles. The largest absolute Gasteiger partial charge is 0.388 e. The summed E-state index contributed by atoms with van der Waals surface area (Å²) in [6.07, 6.45) is 2.84. The molecule has 1 fully saturated rings. The summed E-state index contributed by atoms with van der Waals surface area (Å²) in [4.78, 5) is 0. The fraction of sp³-hybridized carbons (Fsp3) is 0.444. The first-order valence-electron chi connectivity index (χ1n) is 7.63. The first kappa shape index (κ1) is 13.6. The molecule has 0 aromatic heterocycles. The van der Waals surface area contributed by atoms with Gasteiger partial charge in [-0.2, -0.15) is 0 Å². The average molecular weight is 269 g/mol. The minimum Gasteiger partial charge on any atom is -0.388 e. The fourth-order valence-corrected chi connectivity index (χ4v) is 3.34. The summed E-state index contributed by atoms with van der Waals surface area (Å²) in [5.74, 6) is 0.765. The van der Waals surface area contributed by atoms with Crippen molar-refractivity contribution in [1.82, 2.24) is 5.32 Å². The van der Waals surface area contributed by atoms with Gasteiger partial charge >= 0.3 is 0 Å². The van der Waals surface area contributed by atoms with E-state index in [-0.39, 0.29) is 6.10 Å². The highest BCUT2D eigenvalue weighted by Gasteiger charge is 2.22. The van der Waals surface area contributed by atoms with Gasteiger partial charge in [0.15, 0.2) is 0 Å². The molecule has 0 bridgehead atoms. The Kier molecular flexibility index (Phi) is 4.04. The van der Waals surface area contributed by atoms with Crippen LogP contribution in [0.4, 0.5) is 0 Å². The predicted molar refractivity (Wildman–Crippen MR) is 83.7 cm³/mol. The molecule has 3 rings (SSSR count). The Morgan fingerprint density at radius 2 is 2.00 bits per heavy atom. The number of rotatable bonds is 3. The zero-order valence-electron chi connectivity index (χ0n) is 12.0. The molecule has 0 aliphatic carbocycles. The zero-order valence-corrected chi connectivity index (χ0v) is 12.0. The molecular weight excluding hydrogens is 246 g/mol. The number of nitrogens with one attached hydrogen (secondary N) is 1. The Bertz CT molecular complexity index is 575. The maximum atomic E-state index is 10.6. The molecule has 0 spiro atoms. The molecule has 2 N–H and O–H groups in total. The van der Waals surface area contributed by atoms with Gasteiger partial charge in [0.05, 0.1) is 6.10 Å². The fourth-order valence-electron chi connectivity index (χ4n) is 3.34. The van der Waals surface area contributed by atoms with E-state index >= 15 is 0 Å². The number of hydrogen-bond acceptors (Lipinski definition) is 2. The van der Waals surface area contributed by atoms with Gasteiger partial charge < -0.3 is 10.4 Å². The van der Waals surface area contributed by atoms with Crippen LogP contribution in [0.2, 0.25) is 0 Å². The second-order valence-electron chi connectivity index (χ2n) is 6.10. The van der Waals surface area contributed by atoms with Crippen LogP contribution in [-0.2, 0) is 0 Å². The Labute approximate surface area is 120 Å². The van der Waals surface area contributed by atoms with Crippen molar-refractivity contribution in [3.05, 3.63) is 48.0 Å². The van der Waals surface area contributed by atoms with Crippen molar-refractivity contribution in [3.63, 3.8) is 0 Å². The minimum atomic E-state index is -0.385. The maximum absolute atomic E-state index is 10.6. The number of fused-ring (bicyclic) bond motifs is 1. The number of piperidine rings is 1. The summed E-state index contributed by atoms with van der Waals surface area (Å²) < 4.78 is 0. The van der Waals surface area contributed by atoms with E-state index in [4.69, 9.17) is 0 Å². The van der Waals surface area contributed by atoms with E-state index in [1.165, 1.54) is 23.6 Å². The Balaban J connectivity index is 1.80. The summed E-state index contributed by atoms with van der Waals surface area (Å²) in [6.45, 7) is 3.38. The van der Waals surface area contributed by atoms with Gasteiger partial charge in [-0.3, -0.25) is 0 Å². The monoisotopic (exact) mass is 269 g/mol. The quantitative estimate of drug-likeness (QED) is 0.891. The van der Waals surface area contributed by atoms with Crippen LogP contribution in [0.25, 0.3) is 10.8 Å². The highest BCUT2D eigenvalue weighted by molar-refractivity contribution is 5.85. The summed E-state index contributed by atoms with van der Waals surface area (Å²) in [5.41, 5.74) is 1.06. The lowest BCUT2D eigenvalue weighted by molar-refractivity contribution is 0.139. The molecule has 3 unspecified atom stereocenters. The van der Waals surface area contributed by atoms with E-state index in [0.717, 1.165) is 24.4 Å². The Morgan fingerprint density at radius 3 is 2.85 bits per heavy atom. The number of aliphatic hydroxyl groups excluding tert-OH is 1. The van der Waals surface area contributed by atoms with Crippen molar-refractivity contribution < 1.29 is 5.11 Å². The summed E-state index contributed by atoms with van der Waals surface area (Å²) in [7, 11) is 0. The molecule has 3 atom stereocenters. The van der Waals surface area contributed by atoms with Gasteiger partial charge in [-0.15, -0.1) is 0 Å². The van der Waals surface area contributed by atoms with E-state index < -0.39 is 0 Å². The van der Waals surface area contributed by atoms with Crippen LogP contribution in [0.15, 0.2) is 42.5 Å². The van der Waals surface area contributed by atoms with Crippen LogP contribution < -0.4 is 5.32 Å². The standard InChI is InChI=1S/C18H23NO/c1-13-9-10-19-15(11-13)12-18(20)17-8-4-6-14-5-2-3-7-16(14)17/h2-8,13,15,18-20H,9-12H2,1H3. The van der Waals surface area contributed by atoms with Gasteiger partial charge in [0.25, 0.3) is 0 Å². The third-order valence-corrected chi connectivity index (χ3v) is 4.45. The molecule has 0 radical (unpaired) electrons. The minimum absolute atomic E-state index is 0.385. The summed E-state index contributed by atoms with van der Waals surface area (Å²) >= 11 is 0. The normalized spacial score (nSPS) is 24.7. The third kappa shape index (κ3) is 2.87. The number of benzene rings is 2. The number of aliphatic hydroxyl groups is 1.